The van der Waals surface area contributed by atoms with Crippen molar-refractivity contribution < 1.29 is 75.5 Å². The molecule has 302 valence electrons. The maximum Gasteiger partial charge on any atom is 0.490 e. The molecular weight excluding hydrogens is 822 g/mol. The molecule has 1 aliphatic rings. The Morgan fingerprint density at radius 1 is 1.06 bits per heavy atom. The van der Waals surface area contributed by atoms with Crippen LogP contribution < -0.4 is 27.5 Å². The van der Waals surface area contributed by atoms with Gasteiger partial charge in [-0.05, 0) is 50.4 Å². The highest BCUT2D eigenvalue weighted by molar-refractivity contribution is 8.77. The number of anilines is 1. The molecule has 0 saturated carbocycles. The van der Waals surface area contributed by atoms with Gasteiger partial charge in [-0.1, -0.05) is 33.7 Å². The summed E-state index contributed by atoms with van der Waals surface area (Å²) in [5.41, 5.74) is 5.41. The van der Waals surface area contributed by atoms with E-state index in [0.29, 0.717) is 31.5 Å². The van der Waals surface area contributed by atoms with Crippen molar-refractivity contribution in [2.45, 2.75) is 62.7 Å². The van der Waals surface area contributed by atoms with Crippen LogP contribution >= 0.6 is 45.1 Å². The Balaban J connectivity index is 1.44. The molecule has 54 heavy (non-hydrogen) atoms. The summed E-state index contributed by atoms with van der Waals surface area (Å²) in [6, 6.07) is 7.17. The number of benzene rings is 1. The number of hydrogen-bond acceptors (Lipinski definition) is 17. The molecule has 2 amide bonds. The van der Waals surface area contributed by atoms with Crippen LogP contribution in [-0.4, -0.2) is 101 Å². The van der Waals surface area contributed by atoms with Crippen molar-refractivity contribution in [3.05, 3.63) is 52.6 Å². The second-order valence-corrected chi connectivity index (χ2v) is 19.4. The van der Waals surface area contributed by atoms with Crippen molar-refractivity contribution in [3.8, 4) is 0 Å². The summed E-state index contributed by atoms with van der Waals surface area (Å²) in [6.07, 6.45) is -0.464. The van der Waals surface area contributed by atoms with Crippen LogP contribution in [0, 0.1) is 0 Å². The van der Waals surface area contributed by atoms with Gasteiger partial charge in [0.2, 0.25) is 5.91 Å². The molecule has 1 fully saturated rings. The van der Waals surface area contributed by atoms with Crippen LogP contribution in [0.5, 0.6) is 0 Å². The third-order valence-corrected chi connectivity index (χ3v) is 13.8. The smallest absolute Gasteiger partial charge is 0.423 e. The molecule has 1 aliphatic heterocycles. The van der Waals surface area contributed by atoms with Crippen LogP contribution in [-0.2, 0) is 41.1 Å². The Morgan fingerprint density at radius 2 is 1.74 bits per heavy atom. The molecule has 2 aromatic rings. The first-order valence-electron chi connectivity index (χ1n) is 15.8. The second-order valence-electron chi connectivity index (χ2n) is 12.1. The second kappa shape index (κ2) is 20.3. The molecular formula is C26H41BN5O17P3S2. The van der Waals surface area contributed by atoms with E-state index in [9.17, 15) is 37.9 Å². The van der Waals surface area contributed by atoms with Crippen molar-refractivity contribution >= 4 is 75.3 Å². The van der Waals surface area contributed by atoms with E-state index in [1.165, 1.54) is 58.1 Å². The number of rotatable bonds is 22. The van der Waals surface area contributed by atoms with E-state index in [4.69, 9.17) is 39.6 Å². The lowest BCUT2D eigenvalue weighted by molar-refractivity contribution is -0.121. The largest absolute Gasteiger partial charge is 0.490 e. The fourth-order valence-electron chi connectivity index (χ4n) is 4.56. The van der Waals surface area contributed by atoms with Gasteiger partial charge in [0.05, 0.1) is 12.7 Å². The molecule has 10 N–H and O–H groups in total. The van der Waals surface area contributed by atoms with Gasteiger partial charge in [0.1, 0.15) is 24.1 Å². The SMILES string of the molecule is CC(C)(CNC(=O)CCCCNC(=O)c1ccc(B(O)O)cc1)SSCO[C@@H]1C[C@H](n2ccc(N)nc2=O)O[C@@H]1COP(=O)(O)OP(=O)(O)OP(=O)(O)O. The fourth-order valence-corrected chi connectivity index (χ4v) is 9.77. The van der Waals surface area contributed by atoms with Crippen LogP contribution in [0.25, 0.3) is 0 Å². The average molecular weight is 864 g/mol. The number of carbonyl (C=O) groups excluding carboxylic acids is 2. The van der Waals surface area contributed by atoms with Crippen molar-refractivity contribution in [3.63, 3.8) is 0 Å². The molecule has 3 rings (SSSR count). The number of phosphoric acid groups is 3. The van der Waals surface area contributed by atoms with Gasteiger partial charge in [-0.15, -0.1) is 0 Å². The van der Waals surface area contributed by atoms with E-state index < -0.39 is 66.1 Å². The first-order chi connectivity index (χ1) is 25.0. The molecule has 0 bridgehead atoms. The molecule has 1 aromatic carbocycles. The highest BCUT2D eigenvalue weighted by atomic mass is 33.1. The van der Waals surface area contributed by atoms with E-state index >= 15 is 0 Å². The summed E-state index contributed by atoms with van der Waals surface area (Å²) in [5.74, 6) is -0.545. The Kier molecular flexibility index (Phi) is 17.4. The van der Waals surface area contributed by atoms with Gasteiger partial charge in [-0.2, -0.15) is 13.6 Å². The zero-order chi connectivity index (χ0) is 40.3. The lowest BCUT2D eigenvalue weighted by Gasteiger charge is -2.24. The van der Waals surface area contributed by atoms with Gasteiger partial charge in [-0.3, -0.25) is 18.7 Å². The summed E-state index contributed by atoms with van der Waals surface area (Å²) in [4.78, 5) is 77.5. The van der Waals surface area contributed by atoms with Gasteiger partial charge >= 0.3 is 36.3 Å². The van der Waals surface area contributed by atoms with Crippen molar-refractivity contribution in [1.29, 1.82) is 0 Å². The van der Waals surface area contributed by atoms with Crippen LogP contribution in [0.1, 0.15) is 56.1 Å². The molecule has 0 radical (unpaired) electrons. The molecule has 2 heterocycles. The third-order valence-electron chi connectivity index (χ3n) is 7.07. The van der Waals surface area contributed by atoms with Gasteiger partial charge in [0.15, 0.2) is 0 Å². The van der Waals surface area contributed by atoms with Crippen molar-refractivity contribution in [2.75, 3.05) is 31.4 Å². The highest BCUT2D eigenvalue weighted by Crippen LogP contribution is 2.66. The number of nitrogens with one attached hydrogen (secondary N) is 2. The average Bonchev–Trinajstić information content (AvgIpc) is 3.45. The first kappa shape index (κ1) is 46.2. The lowest BCUT2D eigenvalue weighted by Crippen LogP contribution is -2.36. The predicted octanol–water partition coefficient (Wildman–Crippen LogP) is 0.355. The summed E-state index contributed by atoms with van der Waals surface area (Å²) in [5, 5.41) is 23.9. The highest BCUT2D eigenvalue weighted by Gasteiger charge is 2.43. The standard InChI is InChI=1S/C26H41BN5O17P3S2/c1-26(2,15-30-22(33)5-3-4-11-29-24(34)17-6-8-18(9-7-17)27(36)37)54-53-16-45-19-13-23(32-12-10-21(28)31-25(32)35)47-20(19)14-46-51(41,42)49-52(43,44)48-50(38,39)40/h6-10,12,19-20,23,36-37H,3-5,11,13-16H2,1-2H3,(H,29,34)(H,30,33)(H,41,42)(H,43,44)(H2,28,31,35)(H2,38,39,40)/t19-,20-,23-/m1/s1. The number of ether oxygens (including phenoxy) is 2. The molecule has 1 aromatic heterocycles. The summed E-state index contributed by atoms with van der Waals surface area (Å²) < 4.78 is 59.4. The number of unbranched alkanes of at least 4 members (excludes halogenated alkanes) is 1. The Morgan fingerprint density at radius 3 is 2.37 bits per heavy atom. The number of nitrogens with two attached hydrogens (primary N) is 1. The zero-order valence-corrected chi connectivity index (χ0v) is 33.1. The van der Waals surface area contributed by atoms with E-state index in [-0.39, 0.29) is 41.9 Å². The van der Waals surface area contributed by atoms with E-state index in [0.717, 1.165) is 4.57 Å². The quantitative estimate of drug-likeness (QED) is 0.0254. The van der Waals surface area contributed by atoms with Crippen molar-refractivity contribution in [1.82, 2.24) is 20.2 Å². The summed E-state index contributed by atoms with van der Waals surface area (Å²) in [6.45, 7) is 3.59. The lowest BCUT2D eigenvalue weighted by atomic mass is 9.80. The van der Waals surface area contributed by atoms with Gasteiger partial charge in [-0.25, -0.2) is 18.5 Å². The number of hydrogen-bond donors (Lipinski definition) is 9. The van der Waals surface area contributed by atoms with Crippen LogP contribution in [0.15, 0.2) is 41.3 Å². The van der Waals surface area contributed by atoms with Gasteiger partial charge in [0.25, 0.3) is 5.91 Å². The summed E-state index contributed by atoms with van der Waals surface area (Å²) >= 11 is 0. The Bertz CT molecular complexity index is 1790. The first-order valence-corrected chi connectivity index (χ1v) is 22.6. The normalized spacial score (nSPS) is 19.8. The van der Waals surface area contributed by atoms with Gasteiger partial charge in [0, 0.05) is 42.4 Å². The molecule has 1 saturated heterocycles. The molecule has 22 nitrogen and oxygen atoms in total. The number of carbonyl (C=O) groups is 2. The van der Waals surface area contributed by atoms with Gasteiger partial charge < -0.3 is 55.5 Å². The molecule has 0 aliphatic carbocycles. The summed E-state index contributed by atoms with van der Waals surface area (Å²) in [7, 11) is -15.8. The fraction of sp³-hybridized carbons (Fsp3) is 0.538. The monoisotopic (exact) mass is 863 g/mol. The maximum atomic E-state index is 12.4. The minimum atomic E-state index is -5.75. The number of amides is 2. The third kappa shape index (κ3) is 16.5. The number of nitrogens with zero attached hydrogens (tertiary/aromatic N) is 2. The van der Waals surface area contributed by atoms with E-state index in [2.05, 4.69) is 24.2 Å². The van der Waals surface area contributed by atoms with Crippen LogP contribution in [0.4, 0.5) is 5.82 Å². The number of phosphoric ester groups is 1. The van der Waals surface area contributed by atoms with Crippen LogP contribution in [0.3, 0.4) is 0 Å². The van der Waals surface area contributed by atoms with Crippen molar-refractivity contribution in [2.24, 2.45) is 0 Å². The Hall–Kier alpha value is -2.15. The topological polar surface area (TPSA) is 338 Å². The number of nitrogen functional groups attached to an aromatic ring is 1. The van der Waals surface area contributed by atoms with Crippen LogP contribution in [0.2, 0.25) is 0 Å². The van der Waals surface area contributed by atoms with E-state index in [1.54, 1.807) is 0 Å². The maximum absolute atomic E-state index is 12.4. The minimum Gasteiger partial charge on any atom is -0.423 e. The molecule has 0 spiro atoms. The molecule has 2 unspecified atom stereocenters. The molecule has 28 heteroatoms. The minimum absolute atomic E-state index is 0.00696. The molecule has 5 atom stereocenters. The predicted molar refractivity (Wildman–Crippen MR) is 196 cm³/mol. The van der Waals surface area contributed by atoms with E-state index in [1.807, 2.05) is 13.8 Å². The Labute approximate surface area is 316 Å². The zero-order valence-electron chi connectivity index (χ0n) is 28.7. The number of aromatic nitrogens is 2.